The van der Waals surface area contributed by atoms with Gasteiger partial charge in [0.1, 0.15) is 5.69 Å². The van der Waals surface area contributed by atoms with Crippen LogP contribution in [-0.4, -0.2) is 29.1 Å². The highest BCUT2D eigenvalue weighted by molar-refractivity contribution is 6.35. The van der Waals surface area contributed by atoms with Gasteiger partial charge in [0.2, 0.25) is 0 Å². The number of rotatable bonds is 7. The van der Waals surface area contributed by atoms with Crippen LogP contribution in [0.5, 0.6) is 0 Å². The predicted molar refractivity (Wildman–Crippen MR) is 84.6 cm³/mol. The van der Waals surface area contributed by atoms with Crippen molar-refractivity contribution in [2.75, 3.05) is 13.2 Å². The molecule has 1 aromatic carbocycles. The van der Waals surface area contributed by atoms with Gasteiger partial charge >= 0.3 is 0 Å². The second-order valence-electron chi connectivity index (χ2n) is 4.90. The molecular weight excluding hydrogens is 288 g/mol. The number of unbranched alkanes of at least 4 members (excludes halogenated alkanes) is 3. The molecule has 2 N–H and O–H groups in total. The van der Waals surface area contributed by atoms with Crippen molar-refractivity contribution in [1.29, 1.82) is 0 Å². The van der Waals surface area contributed by atoms with Crippen molar-refractivity contribution in [3.8, 4) is 0 Å². The Balaban J connectivity index is 1.93. The Bertz CT molecular complexity index is 616. The molecule has 0 aliphatic carbocycles. The fourth-order valence-corrected chi connectivity index (χ4v) is 2.40. The third kappa shape index (κ3) is 4.41. The van der Waals surface area contributed by atoms with Crippen LogP contribution in [0.25, 0.3) is 10.9 Å². The fourth-order valence-electron chi connectivity index (χ4n) is 2.13. The summed E-state index contributed by atoms with van der Waals surface area (Å²) in [4.78, 5) is 16.4. The quantitative estimate of drug-likeness (QED) is 0.772. The molecule has 2 rings (SSSR count). The second kappa shape index (κ2) is 7.96. The largest absolute Gasteiger partial charge is 0.396 e. The van der Waals surface area contributed by atoms with Crippen LogP contribution >= 0.6 is 11.6 Å². The Hall–Kier alpha value is -1.65. The normalized spacial score (nSPS) is 10.8. The van der Waals surface area contributed by atoms with Gasteiger partial charge < -0.3 is 10.4 Å². The number of carbonyl (C=O) groups is 1. The van der Waals surface area contributed by atoms with Crippen LogP contribution in [0, 0.1) is 0 Å². The maximum absolute atomic E-state index is 12.1. The van der Waals surface area contributed by atoms with Crippen LogP contribution in [0.2, 0.25) is 5.02 Å². The van der Waals surface area contributed by atoms with Crippen molar-refractivity contribution in [2.24, 2.45) is 0 Å². The van der Waals surface area contributed by atoms with E-state index in [0.29, 0.717) is 17.3 Å². The summed E-state index contributed by atoms with van der Waals surface area (Å²) in [5.74, 6) is -0.204. The van der Waals surface area contributed by atoms with Gasteiger partial charge in [0.05, 0.1) is 10.5 Å². The molecule has 0 radical (unpaired) electrons. The number of nitrogens with one attached hydrogen (secondary N) is 1. The smallest absolute Gasteiger partial charge is 0.269 e. The summed E-state index contributed by atoms with van der Waals surface area (Å²) in [5, 5.41) is 12.9. The first-order valence-electron chi connectivity index (χ1n) is 7.16. The maximum Gasteiger partial charge on any atom is 0.269 e. The van der Waals surface area contributed by atoms with Crippen molar-refractivity contribution in [2.45, 2.75) is 25.7 Å². The maximum atomic E-state index is 12.1. The molecule has 1 amide bonds. The molecule has 112 valence electrons. The van der Waals surface area contributed by atoms with Gasteiger partial charge in [-0.1, -0.05) is 42.6 Å². The zero-order chi connectivity index (χ0) is 15.1. The number of nitrogens with zero attached hydrogens (tertiary/aromatic N) is 1. The van der Waals surface area contributed by atoms with Gasteiger partial charge in [-0.25, -0.2) is 4.98 Å². The number of fused-ring (bicyclic) bond motifs is 1. The number of hydrogen-bond donors (Lipinski definition) is 2. The third-order valence-electron chi connectivity index (χ3n) is 3.27. The number of aliphatic hydroxyl groups excluding tert-OH is 1. The van der Waals surface area contributed by atoms with Crippen molar-refractivity contribution >= 4 is 28.4 Å². The molecule has 2 aromatic rings. The lowest BCUT2D eigenvalue weighted by Crippen LogP contribution is -2.25. The van der Waals surface area contributed by atoms with E-state index in [-0.39, 0.29) is 12.5 Å². The Morgan fingerprint density at radius 1 is 1.19 bits per heavy atom. The fraction of sp³-hybridized carbons (Fsp3) is 0.375. The molecule has 0 fully saturated rings. The molecule has 1 heterocycles. The summed E-state index contributed by atoms with van der Waals surface area (Å²) >= 11 is 6.18. The number of benzene rings is 1. The predicted octanol–water partition coefficient (Wildman–Crippen LogP) is 3.17. The highest BCUT2D eigenvalue weighted by atomic mass is 35.5. The number of halogens is 1. The molecule has 0 saturated heterocycles. The SMILES string of the molecule is O=C(NCCCCCCO)c1cc(Cl)c2ccccc2n1. The molecule has 0 aliphatic rings. The van der Waals surface area contributed by atoms with Crippen LogP contribution in [0.15, 0.2) is 30.3 Å². The van der Waals surface area contributed by atoms with Crippen LogP contribution < -0.4 is 5.32 Å². The molecule has 0 atom stereocenters. The van der Waals surface area contributed by atoms with Gasteiger partial charge in [0, 0.05) is 18.5 Å². The summed E-state index contributed by atoms with van der Waals surface area (Å²) in [5.41, 5.74) is 1.06. The van der Waals surface area contributed by atoms with E-state index in [9.17, 15) is 4.79 Å². The lowest BCUT2D eigenvalue weighted by molar-refractivity contribution is 0.0948. The summed E-state index contributed by atoms with van der Waals surface area (Å²) in [6.45, 7) is 0.836. The van der Waals surface area contributed by atoms with Gasteiger partial charge in [-0.2, -0.15) is 0 Å². The summed E-state index contributed by atoms with van der Waals surface area (Å²) in [6.07, 6.45) is 3.68. The average molecular weight is 307 g/mol. The van der Waals surface area contributed by atoms with E-state index >= 15 is 0 Å². The number of amides is 1. The van der Waals surface area contributed by atoms with E-state index in [1.165, 1.54) is 0 Å². The summed E-state index contributed by atoms with van der Waals surface area (Å²) in [6, 6.07) is 9.09. The van der Waals surface area contributed by atoms with Crippen LogP contribution in [0.3, 0.4) is 0 Å². The van der Waals surface area contributed by atoms with Gasteiger partial charge in [-0.3, -0.25) is 4.79 Å². The molecule has 5 heteroatoms. The molecule has 4 nitrogen and oxygen atoms in total. The lowest BCUT2D eigenvalue weighted by Gasteiger charge is -2.07. The minimum Gasteiger partial charge on any atom is -0.396 e. The molecule has 1 aromatic heterocycles. The standard InChI is InChI=1S/C16H19ClN2O2/c17-13-11-15(19-14-8-4-3-7-12(13)14)16(21)18-9-5-1-2-6-10-20/h3-4,7-8,11,20H,1-2,5-6,9-10H2,(H,18,21). The summed E-state index contributed by atoms with van der Waals surface area (Å²) < 4.78 is 0. The number of pyridine rings is 1. The Labute approximate surface area is 129 Å². The van der Waals surface area contributed by atoms with Crippen molar-refractivity contribution in [3.05, 3.63) is 41.0 Å². The summed E-state index contributed by atoms with van der Waals surface area (Å²) in [7, 11) is 0. The van der Waals surface area contributed by atoms with Gasteiger partial charge in [0.15, 0.2) is 0 Å². The minimum absolute atomic E-state index is 0.204. The molecule has 21 heavy (non-hydrogen) atoms. The van der Waals surface area contributed by atoms with E-state index in [2.05, 4.69) is 10.3 Å². The first kappa shape index (κ1) is 15.7. The monoisotopic (exact) mass is 306 g/mol. The number of carbonyl (C=O) groups excluding carboxylic acids is 1. The Morgan fingerprint density at radius 2 is 1.95 bits per heavy atom. The molecule has 0 unspecified atom stereocenters. The van der Waals surface area contributed by atoms with E-state index in [4.69, 9.17) is 16.7 Å². The molecule has 0 saturated carbocycles. The Kier molecular flexibility index (Phi) is 5.96. The zero-order valence-corrected chi connectivity index (χ0v) is 12.6. The molecular formula is C16H19ClN2O2. The molecule has 0 aliphatic heterocycles. The van der Waals surface area contributed by atoms with E-state index in [1.807, 2.05) is 24.3 Å². The lowest BCUT2D eigenvalue weighted by atomic mass is 10.2. The number of para-hydroxylation sites is 1. The third-order valence-corrected chi connectivity index (χ3v) is 3.58. The second-order valence-corrected chi connectivity index (χ2v) is 5.31. The average Bonchev–Trinajstić information content (AvgIpc) is 2.50. The van der Waals surface area contributed by atoms with Gasteiger partial charge in [-0.15, -0.1) is 0 Å². The first-order chi connectivity index (χ1) is 10.2. The number of hydrogen-bond acceptors (Lipinski definition) is 3. The van der Waals surface area contributed by atoms with Crippen molar-refractivity contribution < 1.29 is 9.90 Å². The first-order valence-corrected chi connectivity index (χ1v) is 7.54. The number of aromatic nitrogens is 1. The number of aliphatic hydroxyl groups is 1. The zero-order valence-electron chi connectivity index (χ0n) is 11.8. The van der Waals surface area contributed by atoms with Gasteiger partial charge in [0.25, 0.3) is 5.91 Å². The van der Waals surface area contributed by atoms with E-state index < -0.39 is 0 Å². The van der Waals surface area contributed by atoms with Crippen LogP contribution in [0.4, 0.5) is 0 Å². The molecule has 0 bridgehead atoms. The topological polar surface area (TPSA) is 62.2 Å². The Morgan fingerprint density at radius 3 is 2.76 bits per heavy atom. The highest BCUT2D eigenvalue weighted by Gasteiger charge is 2.10. The van der Waals surface area contributed by atoms with Crippen molar-refractivity contribution in [1.82, 2.24) is 10.3 Å². The molecule has 0 spiro atoms. The van der Waals surface area contributed by atoms with E-state index in [1.54, 1.807) is 6.07 Å². The van der Waals surface area contributed by atoms with Crippen LogP contribution in [0.1, 0.15) is 36.2 Å². The van der Waals surface area contributed by atoms with Crippen molar-refractivity contribution in [3.63, 3.8) is 0 Å². The van der Waals surface area contributed by atoms with E-state index in [0.717, 1.165) is 36.6 Å². The minimum atomic E-state index is -0.204. The van der Waals surface area contributed by atoms with Gasteiger partial charge in [-0.05, 0) is 25.0 Å². The van der Waals surface area contributed by atoms with Crippen LogP contribution in [-0.2, 0) is 0 Å². The highest BCUT2D eigenvalue weighted by Crippen LogP contribution is 2.22.